The lowest BCUT2D eigenvalue weighted by Crippen LogP contribution is -2.26. The van der Waals surface area contributed by atoms with Gasteiger partial charge in [-0.05, 0) is 42.7 Å². The fraction of sp³-hybridized carbons (Fsp3) is 0.286. The van der Waals surface area contributed by atoms with E-state index < -0.39 is 10.0 Å². The van der Waals surface area contributed by atoms with E-state index in [2.05, 4.69) is 20.2 Å². The standard InChI is InChI=1S/C21H22N4O4S2/c1-14-23-20(24-29-14)13-30-19-5-3-2-4-18(19)21(26)22-12-15-6-10-17(11-7-15)31(27,28)25-16-8-9-16/h2-7,10-11,16,25H,8-9,12-13H2,1H3,(H,22,26). The minimum atomic E-state index is -3.48. The summed E-state index contributed by atoms with van der Waals surface area (Å²) in [6.07, 6.45) is 1.77. The number of thioether (sulfide) groups is 1. The molecule has 1 aliphatic carbocycles. The van der Waals surface area contributed by atoms with Crippen LogP contribution in [0.4, 0.5) is 0 Å². The summed E-state index contributed by atoms with van der Waals surface area (Å²) < 4.78 is 32.1. The van der Waals surface area contributed by atoms with Gasteiger partial charge >= 0.3 is 0 Å². The van der Waals surface area contributed by atoms with Crippen molar-refractivity contribution in [1.29, 1.82) is 0 Å². The summed E-state index contributed by atoms with van der Waals surface area (Å²) in [4.78, 5) is 17.9. The highest BCUT2D eigenvalue weighted by atomic mass is 32.2. The number of sulfonamides is 1. The highest BCUT2D eigenvalue weighted by Gasteiger charge is 2.27. The first-order valence-corrected chi connectivity index (χ1v) is 12.3. The Morgan fingerprint density at radius 2 is 1.90 bits per heavy atom. The smallest absolute Gasteiger partial charge is 0.252 e. The molecule has 1 saturated carbocycles. The lowest BCUT2D eigenvalue weighted by Gasteiger charge is -2.10. The van der Waals surface area contributed by atoms with E-state index in [9.17, 15) is 13.2 Å². The van der Waals surface area contributed by atoms with Crippen LogP contribution < -0.4 is 10.0 Å². The van der Waals surface area contributed by atoms with Gasteiger partial charge in [0.2, 0.25) is 15.9 Å². The summed E-state index contributed by atoms with van der Waals surface area (Å²) >= 11 is 1.46. The maximum Gasteiger partial charge on any atom is 0.252 e. The number of aromatic nitrogens is 2. The summed E-state index contributed by atoms with van der Waals surface area (Å²) in [5.74, 6) is 1.36. The first kappa shape index (κ1) is 21.5. The van der Waals surface area contributed by atoms with Crippen molar-refractivity contribution in [2.75, 3.05) is 0 Å². The Hall–Kier alpha value is -2.69. The maximum absolute atomic E-state index is 12.7. The Labute approximate surface area is 184 Å². The molecule has 1 heterocycles. The molecule has 1 fully saturated rings. The van der Waals surface area contributed by atoms with E-state index in [0.717, 1.165) is 23.3 Å². The first-order valence-electron chi connectivity index (χ1n) is 9.81. The Kier molecular flexibility index (Phi) is 6.40. The van der Waals surface area contributed by atoms with Gasteiger partial charge in [0, 0.05) is 24.4 Å². The van der Waals surface area contributed by atoms with Crippen LogP contribution in [0.1, 0.15) is 40.5 Å². The monoisotopic (exact) mass is 458 g/mol. The number of benzene rings is 2. The van der Waals surface area contributed by atoms with E-state index in [1.54, 1.807) is 37.3 Å². The van der Waals surface area contributed by atoms with Crippen molar-refractivity contribution in [3.63, 3.8) is 0 Å². The molecule has 0 saturated heterocycles. The molecule has 1 aliphatic rings. The molecule has 0 radical (unpaired) electrons. The van der Waals surface area contributed by atoms with Crippen LogP contribution in [-0.4, -0.2) is 30.5 Å². The molecular weight excluding hydrogens is 436 g/mol. The highest BCUT2D eigenvalue weighted by Crippen LogP contribution is 2.26. The number of carbonyl (C=O) groups excluding carboxylic acids is 1. The van der Waals surface area contributed by atoms with Gasteiger partial charge in [-0.1, -0.05) is 29.4 Å². The van der Waals surface area contributed by atoms with E-state index in [0.29, 0.717) is 23.0 Å². The predicted molar refractivity (Wildman–Crippen MR) is 116 cm³/mol. The molecule has 2 N–H and O–H groups in total. The molecule has 0 unspecified atom stereocenters. The lowest BCUT2D eigenvalue weighted by molar-refractivity contribution is 0.0948. The maximum atomic E-state index is 12.7. The summed E-state index contributed by atoms with van der Waals surface area (Å²) in [7, 11) is -3.48. The molecule has 2 aromatic carbocycles. The summed E-state index contributed by atoms with van der Waals surface area (Å²) in [5.41, 5.74) is 1.37. The van der Waals surface area contributed by atoms with Gasteiger partial charge in [-0.15, -0.1) is 11.8 Å². The minimum Gasteiger partial charge on any atom is -0.348 e. The molecule has 0 atom stereocenters. The summed E-state index contributed by atoms with van der Waals surface area (Å²) in [6, 6.07) is 13.9. The molecule has 162 valence electrons. The van der Waals surface area contributed by atoms with E-state index >= 15 is 0 Å². The second-order valence-electron chi connectivity index (χ2n) is 7.24. The van der Waals surface area contributed by atoms with Crippen LogP contribution in [0.25, 0.3) is 0 Å². The average Bonchev–Trinajstić information content (AvgIpc) is 3.47. The van der Waals surface area contributed by atoms with Crippen molar-refractivity contribution in [2.45, 2.75) is 47.9 Å². The van der Waals surface area contributed by atoms with Gasteiger partial charge in [0.1, 0.15) is 0 Å². The number of amides is 1. The molecule has 1 amide bonds. The number of nitrogens with one attached hydrogen (secondary N) is 2. The van der Waals surface area contributed by atoms with Gasteiger partial charge in [0.15, 0.2) is 5.82 Å². The first-order chi connectivity index (χ1) is 14.9. The normalized spacial score (nSPS) is 13.8. The molecule has 0 bridgehead atoms. The van der Waals surface area contributed by atoms with Crippen molar-refractivity contribution in [3.05, 3.63) is 71.4 Å². The predicted octanol–water partition coefficient (Wildman–Crippen LogP) is 3.04. The second-order valence-corrected chi connectivity index (χ2v) is 9.97. The molecule has 8 nitrogen and oxygen atoms in total. The topological polar surface area (TPSA) is 114 Å². The van der Waals surface area contributed by atoms with Gasteiger partial charge in [-0.3, -0.25) is 4.79 Å². The van der Waals surface area contributed by atoms with E-state index in [1.165, 1.54) is 11.8 Å². The number of hydrogen-bond acceptors (Lipinski definition) is 7. The molecule has 1 aromatic heterocycles. The fourth-order valence-electron chi connectivity index (χ4n) is 2.87. The quantitative estimate of drug-likeness (QED) is 0.474. The minimum absolute atomic E-state index is 0.0611. The Balaban J connectivity index is 1.36. The third kappa shape index (κ3) is 5.72. The highest BCUT2D eigenvalue weighted by molar-refractivity contribution is 7.98. The van der Waals surface area contributed by atoms with Gasteiger partial charge in [0.05, 0.1) is 16.2 Å². The van der Waals surface area contributed by atoms with E-state index in [4.69, 9.17) is 4.52 Å². The van der Waals surface area contributed by atoms with Crippen molar-refractivity contribution in [1.82, 2.24) is 20.2 Å². The summed E-state index contributed by atoms with van der Waals surface area (Å²) in [6.45, 7) is 2.02. The largest absolute Gasteiger partial charge is 0.348 e. The van der Waals surface area contributed by atoms with Gasteiger partial charge < -0.3 is 9.84 Å². The van der Waals surface area contributed by atoms with Gasteiger partial charge in [0.25, 0.3) is 5.91 Å². The SMILES string of the molecule is Cc1nc(CSc2ccccc2C(=O)NCc2ccc(S(=O)(=O)NC3CC3)cc2)no1. The zero-order valence-electron chi connectivity index (χ0n) is 16.9. The second kappa shape index (κ2) is 9.21. The number of hydrogen-bond donors (Lipinski definition) is 2. The molecule has 4 rings (SSSR count). The van der Waals surface area contributed by atoms with Crippen LogP contribution in [0.2, 0.25) is 0 Å². The van der Waals surface area contributed by atoms with E-state index in [1.807, 2.05) is 18.2 Å². The van der Waals surface area contributed by atoms with E-state index in [-0.39, 0.29) is 23.4 Å². The number of carbonyl (C=O) groups is 1. The molecular formula is C21H22N4O4S2. The zero-order chi connectivity index (χ0) is 21.8. The van der Waals surface area contributed by atoms with Crippen molar-refractivity contribution in [3.8, 4) is 0 Å². The molecule has 31 heavy (non-hydrogen) atoms. The number of nitrogens with zero attached hydrogens (tertiary/aromatic N) is 2. The molecule has 3 aromatic rings. The Bertz CT molecular complexity index is 1170. The third-order valence-corrected chi connectivity index (χ3v) is 7.25. The van der Waals surface area contributed by atoms with Crippen LogP contribution in [0.5, 0.6) is 0 Å². The van der Waals surface area contributed by atoms with Crippen molar-refractivity contribution < 1.29 is 17.7 Å². The van der Waals surface area contributed by atoms with Crippen LogP contribution in [-0.2, 0) is 22.3 Å². The van der Waals surface area contributed by atoms with Crippen molar-refractivity contribution in [2.24, 2.45) is 0 Å². The Morgan fingerprint density at radius 3 is 2.58 bits per heavy atom. The Morgan fingerprint density at radius 1 is 1.16 bits per heavy atom. The lowest BCUT2D eigenvalue weighted by atomic mass is 10.2. The molecule has 10 heteroatoms. The number of aryl methyl sites for hydroxylation is 1. The van der Waals surface area contributed by atoms with Crippen molar-refractivity contribution >= 4 is 27.7 Å². The zero-order valence-corrected chi connectivity index (χ0v) is 18.5. The molecule has 0 aliphatic heterocycles. The summed E-state index contributed by atoms with van der Waals surface area (Å²) in [5, 5.41) is 6.76. The van der Waals surface area contributed by atoms with Gasteiger partial charge in [-0.2, -0.15) is 4.98 Å². The van der Waals surface area contributed by atoms with Crippen LogP contribution in [0.15, 0.2) is 62.8 Å². The van der Waals surface area contributed by atoms with Crippen LogP contribution in [0, 0.1) is 6.92 Å². The van der Waals surface area contributed by atoms with Gasteiger partial charge in [-0.25, -0.2) is 13.1 Å². The molecule has 0 spiro atoms. The third-order valence-electron chi connectivity index (χ3n) is 4.64. The van der Waals surface area contributed by atoms with Crippen LogP contribution >= 0.6 is 11.8 Å². The average molecular weight is 459 g/mol. The fourth-order valence-corrected chi connectivity index (χ4v) is 5.07. The number of rotatable bonds is 9. The van der Waals surface area contributed by atoms with Crippen LogP contribution in [0.3, 0.4) is 0 Å².